The fourth-order valence-electron chi connectivity index (χ4n) is 1.67. The van der Waals surface area contributed by atoms with Crippen LogP contribution in [0.3, 0.4) is 0 Å². The van der Waals surface area contributed by atoms with Crippen molar-refractivity contribution in [2.24, 2.45) is 0 Å². The Bertz CT molecular complexity index is 429. The summed E-state index contributed by atoms with van der Waals surface area (Å²) in [7, 11) is 0. The molecule has 1 atom stereocenters. The topological polar surface area (TPSA) is 75.7 Å². The van der Waals surface area contributed by atoms with Gasteiger partial charge in [-0.25, -0.2) is 15.0 Å². The fourth-order valence-corrected chi connectivity index (χ4v) is 1.67. The van der Waals surface area contributed by atoms with Gasteiger partial charge in [-0.15, -0.1) is 0 Å². The van der Waals surface area contributed by atoms with Gasteiger partial charge in [0.05, 0.1) is 12.8 Å². The van der Waals surface area contributed by atoms with E-state index in [-0.39, 0.29) is 6.10 Å². The van der Waals surface area contributed by atoms with Crippen LogP contribution in [0.4, 0.5) is 0 Å². The predicted octanol–water partition coefficient (Wildman–Crippen LogP) is 0.0138. The Labute approximate surface area is 86.1 Å². The molecule has 3 heterocycles. The average molecular weight is 205 g/mol. The Kier molecular flexibility index (Phi) is 2.08. The number of nitrogens with zero attached hydrogens (tertiary/aromatic N) is 3. The van der Waals surface area contributed by atoms with Gasteiger partial charge in [-0.2, -0.15) is 0 Å². The first-order valence-corrected chi connectivity index (χ1v) is 4.91. The Morgan fingerprint density at radius 2 is 2.47 bits per heavy atom. The van der Waals surface area contributed by atoms with Crippen LogP contribution in [0.1, 0.15) is 11.9 Å². The van der Waals surface area contributed by atoms with Gasteiger partial charge in [0.25, 0.3) is 0 Å². The van der Waals surface area contributed by atoms with Crippen LogP contribution in [-0.4, -0.2) is 39.6 Å². The van der Waals surface area contributed by atoms with Gasteiger partial charge < -0.3 is 15.0 Å². The highest BCUT2D eigenvalue weighted by Gasteiger charge is 2.19. The first-order valence-electron chi connectivity index (χ1n) is 4.91. The molecule has 2 aromatic heterocycles. The molecule has 0 radical (unpaired) electrons. The number of rotatable bonds is 1. The number of H-pyrrole nitrogens is 1. The number of fused-ring (bicyclic) bond motifs is 1. The van der Waals surface area contributed by atoms with E-state index < -0.39 is 0 Å². The number of aromatic amines is 1. The largest absolute Gasteiger partial charge is 0.368 e. The van der Waals surface area contributed by atoms with Gasteiger partial charge in [0.1, 0.15) is 23.8 Å². The minimum absolute atomic E-state index is 0.00653. The van der Waals surface area contributed by atoms with Crippen molar-refractivity contribution in [3.05, 3.63) is 18.3 Å². The third kappa shape index (κ3) is 1.57. The zero-order valence-corrected chi connectivity index (χ0v) is 8.10. The van der Waals surface area contributed by atoms with E-state index in [1.807, 2.05) is 0 Å². The summed E-state index contributed by atoms with van der Waals surface area (Å²) in [6.45, 7) is 2.40. The van der Waals surface area contributed by atoms with E-state index in [9.17, 15) is 0 Å². The molecule has 6 nitrogen and oxygen atoms in total. The molecule has 1 fully saturated rings. The molecule has 0 amide bonds. The summed E-state index contributed by atoms with van der Waals surface area (Å²) >= 11 is 0. The number of aromatic nitrogens is 4. The molecule has 6 heteroatoms. The fraction of sp³-hybridized carbons (Fsp3) is 0.444. The van der Waals surface area contributed by atoms with Crippen molar-refractivity contribution < 1.29 is 4.74 Å². The van der Waals surface area contributed by atoms with Crippen LogP contribution in [-0.2, 0) is 4.74 Å². The lowest BCUT2D eigenvalue weighted by atomic mass is 10.3. The molecule has 0 spiro atoms. The summed E-state index contributed by atoms with van der Waals surface area (Å²) in [4.78, 5) is 15.5. The van der Waals surface area contributed by atoms with E-state index >= 15 is 0 Å². The van der Waals surface area contributed by atoms with E-state index in [4.69, 9.17) is 4.74 Å². The van der Waals surface area contributed by atoms with Crippen molar-refractivity contribution >= 4 is 11.2 Å². The van der Waals surface area contributed by atoms with Crippen LogP contribution in [0.25, 0.3) is 11.2 Å². The predicted molar refractivity (Wildman–Crippen MR) is 53.2 cm³/mol. The van der Waals surface area contributed by atoms with Crippen LogP contribution >= 0.6 is 0 Å². The molecule has 0 saturated carbocycles. The molecule has 0 aliphatic carbocycles. The van der Waals surface area contributed by atoms with Crippen LogP contribution in [0, 0.1) is 0 Å². The van der Waals surface area contributed by atoms with E-state index in [0.29, 0.717) is 6.61 Å². The lowest BCUT2D eigenvalue weighted by Gasteiger charge is -2.21. The first-order chi connectivity index (χ1) is 7.43. The molecule has 0 bridgehead atoms. The number of imidazole rings is 1. The third-order valence-corrected chi connectivity index (χ3v) is 2.41. The molecule has 1 aliphatic rings. The first kappa shape index (κ1) is 8.75. The highest BCUT2D eigenvalue weighted by molar-refractivity contribution is 5.68. The summed E-state index contributed by atoms with van der Waals surface area (Å²) in [5.41, 5.74) is 1.54. The molecule has 15 heavy (non-hydrogen) atoms. The zero-order valence-electron chi connectivity index (χ0n) is 8.10. The van der Waals surface area contributed by atoms with Gasteiger partial charge in [-0.05, 0) is 0 Å². The van der Waals surface area contributed by atoms with E-state index in [1.54, 1.807) is 6.20 Å². The van der Waals surface area contributed by atoms with Gasteiger partial charge in [0.2, 0.25) is 0 Å². The van der Waals surface area contributed by atoms with Crippen LogP contribution in [0.15, 0.2) is 12.5 Å². The van der Waals surface area contributed by atoms with Crippen molar-refractivity contribution in [3.63, 3.8) is 0 Å². The van der Waals surface area contributed by atoms with Crippen molar-refractivity contribution in [2.75, 3.05) is 19.7 Å². The van der Waals surface area contributed by atoms with Crippen molar-refractivity contribution in [1.82, 2.24) is 25.3 Å². The minimum Gasteiger partial charge on any atom is -0.368 e. The molecule has 2 N–H and O–H groups in total. The Balaban J connectivity index is 1.96. The van der Waals surface area contributed by atoms with Crippen LogP contribution in [0.5, 0.6) is 0 Å². The average Bonchev–Trinajstić information content (AvgIpc) is 2.74. The normalized spacial score (nSPS) is 22.0. The molecule has 1 aliphatic heterocycles. The van der Waals surface area contributed by atoms with Crippen molar-refractivity contribution in [3.8, 4) is 0 Å². The summed E-state index contributed by atoms with van der Waals surface area (Å²) in [6, 6.07) is 0. The number of ether oxygens (including phenoxy) is 1. The van der Waals surface area contributed by atoms with Gasteiger partial charge in [0.15, 0.2) is 5.65 Å². The third-order valence-electron chi connectivity index (χ3n) is 2.41. The summed E-state index contributed by atoms with van der Waals surface area (Å²) in [5, 5.41) is 3.26. The van der Waals surface area contributed by atoms with E-state index in [0.717, 1.165) is 30.1 Å². The van der Waals surface area contributed by atoms with Gasteiger partial charge in [0, 0.05) is 13.1 Å². The summed E-state index contributed by atoms with van der Waals surface area (Å²) in [6.07, 6.45) is 3.19. The molecule has 2 aromatic rings. The number of hydrogen-bond acceptors (Lipinski definition) is 5. The SMILES string of the molecule is c1ncc2nc([C@@H]3CNCCO3)[nH]c2n1. The molecule has 3 rings (SSSR count). The molecule has 0 aromatic carbocycles. The van der Waals surface area contributed by atoms with Gasteiger partial charge in [-0.1, -0.05) is 0 Å². The smallest absolute Gasteiger partial charge is 0.160 e. The van der Waals surface area contributed by atoms with Gasteiger partial charge >= 0.3 is 0 Å². The second-order valence-corrected chi connectivity index (χ2v) is 3.44. The lowest BCUT2D eigenvalue weighted by molar-refractivity contribution is 0.0228. The maximum absolute atomic E-state index is 5.59. The number of hydrogen-bond donors (Lipinski definition) is 2. The summed E-state index contributed by atoms with van der Waals surface area (Å²) < 4.78 is 5.59. The monoisotopic (exact) mass is 205 g/mol. The molecule has 78 valence electrons. The zero-order chi connectivity index (χ0) is 10.1. The second-order valence-electron chi connectivity index (χ2n) is 3.44. The highest BCUT2D eigenvalue weighted by atomic mass is 16.5. The highest BCUT2D eigenvalue weighted by Crippen LogP contribution is 2.17. The van der Waals surface area contributed by atoms with E-state index in [2.05, 4.69) is 25.3 Å². The Hall–Kier alpha value is -1.53. The van der Waals surface area contributed by atoms with Crippen LogP contribution in [0.2, 0.25) is 0 Å². The summed E-state index contributed by atoms with van der Waals surface area (Å²) in [5.74, 6) is 0.817. The van der Waals surface area contributed by atoms with E-state index in [1.165, 1.54) is 6.33 Å². The maximum Gasteiger partial charge on any atom is 0.160 e. The van der Waals surface area contributed by atoms with Crippen molar-refractivity contribution in [2.45, 2.75) is 6.10 Å². The Morgan fingerprint density at radius 3 is 3.27 bits per heavy atom. The molecular weight excluding hydrogens is 194 g/mol. The number of morpholine rings is 1. The standard InChI is InChI=1S/C9H11N5O/c1-2-15-7(4-10-1)9-13-6-3-11-5-12-8(6)14-9/h3,5,7,10H,1-2,4H2,(H,11,12,13,14)/t7-/m0/s1. The molecule has 0 unspecified atom stereocenters. The number of nitrogens with one attached hydrogen (secondary N) is 2. The lowest BCUT2D eigenvalue weighted by Crippen LogP contribution is -2.33. The van der Waals surface area contributed by atoms with Crippen molar-refractivity contribution in [1.29, 1.82) is 0 Å². The second kappa shape index (κ2) is 3.56. The molecular formula is C9H11N5O. The van der Waals surface area contributed by atoms with Gasteiger partial charge in [-0.3, -0.25) is 0 Å². The molecule has 1 saturated heterocycles. The van der Waals surface area contributed by atoms with Crippen LogP contribution < -0.4 is 5.32 Å². The maximum atomic E-state index is 5.59. The quantitative estimate of drug-likeness (QED) is 0.686. The Morgan fingerprint density at radius 1 is 1.47 bits per heavy atom. The minimum atomic E-state index is -0.00653.